The Morgan fingerprint density at radius 2 is 1.87 bits per heavy atom. The SMILES string of the molecule is COc1ccccc1[C@H](C)NC(=O)CN(c1ccc(Cl)c(C(F)(F)F)c1)S(C)(=O)=O. The van der Waals surface area contributed by atoms with Gasteiger partial charge in [-0.15, -0.1) is 0 Å². The van der Waals surface area contributed by atoms with Gasteiger partial charge in [0, 0.05) is 5.56 Å². The van der Waals surface area contributed by atoms with Crippen LogP contribution in [0.1, 0.15) is 24.1 Å². The summed E-state index contributed by atoms with van der Waals surface area (Å²) in [5.41, 5.74) is -0.863. The summed E-state index contributed by atoms with van der Waals surface area (Å²) in [6.07, 6.45) is -3.98. The molecule has 2 rings (SSSR count). The lowest BCUT2D eigenvalue weighted by molar-refractivity contribution is -0.137. The summed E-state index contributed by atoms with van der Waals surface area (Å²) in [7, 11) is -2.59. The molecule has 0 aliphatic heterocycles. The van der Waals surface area contributed by atoms with E-state index in [1.807, 2.05) is 0 Å². The number of hydrogen-bond acceptors (Lipinski definition) is 4. The van der Waals surface area contributed by atoms with Crippen molar-refractivity contribution in [2.75, 3.05) is 24.2 Å². The van der Waals surface area contributed by atoms with Gasteiger partial charge in [0.05, 0.1) is 35.7 Å². The number of para-hydroxylation sites is 1. The summed E-state index contributed by atoms with van der Waals surface area (Å²) in [5.74, 6) is -0.180. The van der Waals surface area contributed by atoms with Crippen LogP contribution < -0.4 is 14.4 Å². The lowest BCUT2D eigenvalue weighted by Gasteiger charge is -2.24. The van der Waals surface area contributed by atoms with Gasteiger partial charge in [-0.1, -0.05) is 29.8 Å². The minimum absolute atomic E-state index is 0.325. The fourth-order valence-corrected chi connectivity index (χ4v) is 3.88. The van der Waals surface area contributed by atoms with Gasteiger partial charge in [-0.25, -0.2) is 8.42 Å². The number of benzene rings is 2. The van der Waals surface area contributed by atoms with E-state index < -0.39 is 45.3 Å². The second-order valence-corrected chi connectivity index (χ2v) is 8.78. The number of sulfonamides is 1. The fraction of sp³-hybridized carbons (Fsp3) is 0.316. The van der Waals surface area contributed by atoms with Gasteiger partial charge in [-0.05, 0) is 31.2 Å². The third-order valence-electron chi connectivity index (χ3n) is 4.21. The molecule has 0 aliphatic rings. The molecule has 0 aromatic heterocycles. The number of anilines is 1. The Morgan fingerprint density at radius 1 is 1.23 bits per heavy atom. The molecule has 11 heteroatoms. The number of hydrogen-bond donors (Lipinski definition) is 1. The number of rotatable bonds is 7. The first-order chi connectivity index (χ1) is 13.8. The third-order valence-corrected chi connectivity index (χ3v) is 5.68. The molecule has 0 saturated carbocycles. The summed E-state index contributed by atoms with van der Waals surface area (Å²) in [5, 5.41) is 2.05. The molecule has 0 unspecified atom stereocenters. The summed E-state index contributed by atoms with van der Waals surface area (Å²) in [6.45, 7) is 0.960. The first kappa shape index (κ1) is 23.8. The highest BCUT2D eigenvalue weighted by molar-refractivity contribution is 7.92. The Kier molecular flexibility index (Phi) is 7.25. The van der Waals surface area contributed by atoms with Crippen LogP contribution in [0.3, 0.4) is 0 Å². The Balaban J connectivity index is 2.29. The Hall–Kier alpha value is -2.46. The van der Waals surface area contributed by atoms with Gasteiger partial charge >= 0.3 is 6.18 Å². The van der Waals surface area contributed by atoms with Gasteiger partial charge in [0.25, 0.3) is 0 Å². The summed E-state index contributed by atoms with van der Waals surface area (Å²) in [4.78, 5) is 12.5. The molecule has 164 valence electrons. The van der Waals surface area contributed by atoms with E-state index in [0.717, 1.165) is 18.4 Å². The molecule has 0 heterocycles. The van der Waals surface area contributed by atoms with Crippen LogP contribution in [0.5, 0.6) is 5.75 Å². The summed E-state index contributed by atoms with van der Waals surface area (Å²) < 4.78 is 69.6. The maximum absolute atomic E-state index is 13.1. The van der Waals surface area contributed by atoms with Crippen molar-refractivity contribution >= 4 is 33.2 Å². The summed E-state index contributed by atoms with van der Waals surface area (Å²) >= 11 is 5.59. The minimum Gasteiger partial charge on any atom is -0.496 e. The Morgan fingerprint density at radius 3 is 2.43 bits per heavy atom. The summed E-state index contributed by atoms with van der Waals surface area (Å²) in [6, 6.07) is 9.03. The third kappa shape index (κ3) is 5.79. The molecule has 30 heavy (non-hydrogen) atoms. The molecule has 0 radical (unpaired) electrons. The van der Waals surface area contributed by atoms with Crippen molar-refractivity contribution < 1.29 is 31.1 Å². The van der Waals surface area contributed by atoms with Crippen molar-refractivity contribution in [3.8, 4) is 5.75 Å². The maximum Gasteiger partial charge on any atom is 0.417 e. The average Bonchev–Trinajstić information content (AvgIpc) is 2.64. The molecule has 1 amide bonds. The first-order valence-electron chi connectivity index (χ1n) is 8.61. The molecule has 1 N–H and O–H groups in total. The van der Waals surface area contributed by atoms with E-state index in [0.29, 0.717) is 21.7 Å². The van der Waals surface area contributed by atoms with E-state index in [4.69, 9.17) is 16.3 Å². The topological polar surface area (TPSA) is 75.7 Å². The normalized spacial score (nSPS) is 12.9. The molecule has 0 bridgehead atoms. The van der Waals surface area contributed by atoms with Crippen LogP contribution in [0.25, 0.3) is 0 Å². The standard InChI is InChI=1S/C19H20ClF3N2O4S/c1-12(14-6-4-5-7-17(14)29-2)24-18(26)11-25(30(3,27)28)13-8-9-16(20)15(10-13)19(21,22)23/h4-10,12H,11H2,1-3H3,(H,24,26)/t12-/m0/s1. The van der Waals surface area contributed by atoms with Crippen molar-refractivity contribution in [2.45, 2.75) is 19.1 Å². The van der Waals surface area contributed by atoms with Crippen LogP contribution in [-0.4, -0.2) is 34.2 Å². The molecular formula is C19H20ClF3N2O4S. The number of alkyl halides is 3. The van der Waals surface area contributed by atoms with Gasteiger partial charge in [-0.3, -0.25) is 9.10 Å². The lowest BCUT2D eigenvalue weighted by atomic mass is 10.1. The molecule has 1 atom stereocenters. The largest absolute Gasteiger partial charge is 0.496 e. The van der Waals surface area contributed by atoms with Crippen LogP contribution >= 0.6 is 11.6 Å². The smallest absolute Gasteiger partial charge is 0.417 e. The Bertz CT molecular complexity index is 1030. The van der Waals surface area contributed by atoms with E-state index in [2.05, 4.69) is 5.32 Å². The molecule has 0 fully saturated rings. The van der Waals surface area contributed by atoms with E-state index in [9.17, 15) is 26.4 Å². The van der Waals surface area contributed by atoms with Crippen LogP contribution in [0.15, 0.2) is 42.5 Å². The van der Waals surface area contributed by atoms with E-state index >= 15 is 0 Å². The van der Waals surface area contributed by atoms with Crippen molar-refractivity contribution in [3.63, 3.8) is 0 Å². The average molecular weight is 465 g/mol. The molecule has 6 nitrogen and oxygen atoms in total. The highest BCUT2D eigenvalue weighted by Gasteiger charge is 2.34. The number of ether oxygens (including phenoxy) is 1. The van der Waals surface area contributed by atoms with Crippen LogP contribution in [0, 0.1) is 0 Å². The van der Waals surface area contributed by atoms with Crippen molar-refractivity contribution in [1.82, 2.24) is 5.32 Å². The highest BCUT2D eigenvalue weighted by atomic mass is 35.5. The second-order valence-electron chi connectivity index (χ2n) is 6.46. The van der Waals surface area contributed by atoms with Gasteiger partial charge in [0.2, 0.25) is 15.9 Å². The number of amides is 1. The number of carbonyl (C=O) groups excluding carboxylic acids is 1. The zero-order chi connectivity index (χ0) is 22.7. The van der Waals surface area contributed by atoms with E-state index in [1.165, 1.54) is 7.11 Å². The zero-order valence-corrected chi connectivity index (χ0v) is 17.9. The van der Waals surface area contributed by atoms with Crippen LogP contribution in [0.2, 0.25) is 5.02 Å². The predicted octanol–water partition coefficient (Wildman–Crippen LogP) is 4.01. The fourth-order valence-electron chi connectivity index (χ4n) is 2.81. The number of nitrogens with one attached hydrogen (secondary N) is 1. The van der Waals surface area contributed by atoms with E-state index in [-0.39, 0.29) is 5.69 Å². The van der Waals surface area contributed by atoms with Crippen molar-refractivity contribution in [2.24, 2.45) is 0 Å². The van der Waals surface area contributed by atoms with E-state index in [1.54, 1.807) is 31.2 Å². The van der Waals surface area contributed by atoms with Crippen molar-refractivity contribution in [1.29, 1.82) is 0 Å². The molecular weight excluding hydrogens is 445 g/mol. The lowest BCUT2D eigenvalue weighted by Crippen LogP contribution is -2.41. The van der Waals surface area contributed by atoms with Gasteiger partial charge in [-0.2, -0.15) is 13.2 Å². The maximum atomic E-state index is 13.1. The van der Waals surface area contributed by atoms with Crippen LogP contribution in [0.4, 0.5) is 18.9 Å². The highest BCUT2D eigenvalue weighted by Crippen LogP contribution is 2.37. The van der Waals surface area contributed by atoms with Crippen molar-refractivity contribution in [3.05, 3.63) is 58.6 Å². The molecule has 2 aromatic rings. The quantitative estimate of drug-likeness (QED) is 0.671. The molecule has 2 aromatic carbocycles. The minimum atomic E-state index is -4.78. The molecule has 0 aliphatic carbocycles. The predicted molar refractivity (Wildman–Crippen MR) is 108 cm³/mol. The molecule has 0 saturated heterocycles. The zero-order valence-electron chi connectivity index (χ0n) is 16.3. The first-order valence-corrected chi connectivity index (χ1v) is 10.8. The molecule has 0 spiro atoms. The number of carbonyl (C=O) groups is 1. The Labute approximate surface area is 177 Å². The monoisotopic (exact) mass is 464 g/mol. The van der Waals surface area contributed by atoms with Crippen LogP contribution in [-0.2, 0) is 21.0 Å². The number of methoxy groups -OCH3 is 1. The van der Waals surface area contributed by atoms with Gasteiger partial charge in [0.1, 0.15) is 12.3 Å². The number of nitrogens with zero attached hydrogens (tertiary/aromatic N) is 1. The number of halogens is 4. The second kappa shape index (κ2) is 9.13. The van der Waals surface area contributed by atoms with Gasteiger partial charge in [0.15, 0.2) is 0 Å². The van der Waals surface area contributed by atoms with Gasteiger partial charge < -0.3 is 10.1 Å².